The predicted octanol–water partition coefficient (Wildman–Crippen LogP) is 8.93. The molecule has 0 heterocycles. The Morgan fingerprint density at radius 1 is 0.865 bits per heavy atom. The zero-order valence-corrected chi connectivity index (χ0v) is 27.1. The van der Waals surface area contributed by atoms with Crippen LogP contribution in [-0.2, 0) is 18.4 Å². The van der Waals surface area contributed by atoms with Crippen LogP contribution in [0.4, 0.5) is 0 Å². The summed E-state index contributed by atoms with van der Waals surface area (Å²) in [5, 5.41) is 0.124. The number of carbonyl (C=O) groups excluding carboxylic acids is 1. The molecule has 0 unspecified atom stereocenters. The van der Waals surface area contributed by atoms with Crippen molar-refractivity contribution in [2.75, 3.05) is 0 Å². The van der Waals surface area contributed by atoms with Crippen LogP contribution in [-0.4, -0.2) is 40.9 Å². The van der Waals surface area contributed by atoms with E-state index in [1.807, 2.05) is 18.2 Å². The highest BCUT2D eigenvalue weighted by molar-refractivity contribution is 6.74. The third-order valence-electron chi connectivity index (χ3n) is 7.72. The molecule has 0 aliphatic heterocycles. The van der Waals surface area contributed by atoms with E-state index in [9.17, 15) is 4.79 Å². The topological polar surface area (TPSA) is 44.8 Å². The molecule has 0 fully saturated rings. The maximum Gasteiger partial charge on any atom is 0.330 e. The molecule has 3 atom stereocenters. The van der Waals surface area contributed by atoms with Crippen LogP contribution < -0.4 is 0 Å². The molecule has 0 spiro atoms. The summed E-state index contributed by atoms with van der Waals surface area (Å²) in [7, 11) is -4.18. The summed E-state index contributed by atoms with van der Waals surface area (Å²) in [6.45, 7) is 30.0. The van der Waals surface area contributed by atoms with Crippen molar-refractivity contribution in [3.63, 3.8) is 0 Å². The zero-order chi connectivity index (χ0) is 28.5. The van der Waals surface area contributed by atoms with Gasteiger partial charge in [-0.3, -0.25) is 0 Å². The number of ether oxygens (including phenoxy) is 1. The molecule has 1 aromatic carbocycles. The molecule has 0 N–H and O–H groups in total. The molecule has 0 radical (unpaired) electrons. The molecule has 0 amide bonds. The lowest BCUT2D eigenvalue weighted by molar-refractivity contribution is -0.144. The highest BCUT2D eigenvalue weighted by atomic mass is 28.4. The lowest BCUT2D eigenvalue weighted by Crippen LogP contribution is -2.47. The van der Waals surface area contributed by atoms with Crippen LogP contribution >= 0.6 is 0 Å². The normalized spacial score (nSPS) is 15.7. The average Bonchev–Trinajstić information content (AvgIpc) is 2.76. The summed E-state index contributed by atoms with van der Waals surface area (Å²) in [4.78, 5) is 12.1. The molecule has 0 bridgehead atoms. The molecule has 0 aromatic heterocycles. The third-order valence-corrected chi connectivity index (χ3v) is 16.8. The van der Waals surface area contributed by atoms with Crippen molar-refractivity contribution >= 4 is 28.7 Å². The Labute approximate surface area is 229 Å². The van der Waals surface area contributed by atoms with Crippen LogP contribution in [0.25, 0.3) is 6.08 Å². The van der Waals surface area contributed by atoms with Gasteiger partial charge in [-0.05, 0) is 41.8 Å². The van der Waals surface area contributed by atoms with Gasteiger partial charge in [0.1, 0.15) is 6.10 Å². The molecular formula is C31H52O4Si2. The van der Waals surface area contributed by atoms with E-state index in [4.69, 9.17) is 13.6 Å². The Kier molecular flexibility index (Phi) is 12.5. The van der Waals surface area contributed by atoms with Gasteiger partial charge in [-0.15, -0.1) is 6.58 Å². The highest BCUT2D eigenvalue weighted by Gasteiger charge is 2.42. The van der Waals surface area contributed by atoms with Gasteiger partial charge < -0.3 is 13.6 Å². The molecule has 0 saturated carbocycles. The molecular weight excluding hydrogens is 493 g/mol. The van der Waals surface area contributed by atoms with E-state index in [0.29, 0.717) is 19.3 Å². The van der Waals surface area contributed by atoms with Gasteiger partial charge in [0.05, 0.1) is 12.2 Å². The standard InChI is InChI=1S/C31H52O4Si2/c1-13-18-26(33-29(32)14-2)23-28(35-37(11,12)31(6,7)8)24-27(34-36(9,10)30(3,4)5)22-21-25-19-16-15-17-20-25/h13-17,19-22,26-28H,1-2,18,23-24H2,3-12H3/b22-21+/t26-,27+,28+/m1/s1. The SMILES string of the molecule is C=CC[C@H](C[C@@H](C[C@H](/C=C/c1ccccc1)O[Si](C)(C)C(C)(C)C)O[Si](C)(C)C(C)(C)C)OC(=O)C=C. The molecule has 0 aliphatic carbocycles. The van der Waals surface area contributed by atoms with Gasteiger partial charge in [0.25, 0.3) is 0 Å². The first-order valence-corrected chi connectivity index (χ1v) is 19.3. The Bertz CT molecular complexity index is 892. The molecule has 1 aromatic rings. The van der Waals surface area contributed by atoms with E-state index in [2.05, 4.69) is 105 Å². The summed E-state index contributed by atoms with van der Waals surface area (Å²) in [5.41, 5.74) is 1.14. The average molecular weight is 545 g/mol. The van der Waals surface area contributed by atoms with Crippen molar-refractivity contribution in [2.45, 2.75) is 115 Å². The van der Waals surface area contributed by atoms with Crippen molar-refractivity contribution < 1.29 is 18.4 Å². The van der Waals surface area contributed by atoms with E-state index in [-0.39, 0.29) is 28.4 Å². The Balaban J connectivity index is 3.39. The van der Waals surface area contributed by atoms with E-state index in [1.165, 1.54) is 6.08 Å². The van der Waals surface area contributed by atoms with Crippen LogP contribution in [0.5, 0.6) is 0 Å². The van der Waals surface area contributed by atoms with Gasteiger partial charge in [-0.1, -0.05) is 96.7 Å². The van der Waals surface area contributed by atoms with E-state index < -0.39 is 22.6 Å². The van der Waals surface area contributed by atoms with Gasteiger partial charge in [-0.2, -0.15) is 0 Å². The van der Waals surface area contributed by atoms with Crippen molar-refractivity contribution in [1.29, 1.82) is 0 Å². The molecule has 0 aliphatic rings. The van der Waals surface area contributed by atoms with Gasteiger partial charge in [-0.25, -0.2) is 4.79 Å². The van der Waals surface area contributed by atoms with Crippen molar-refractivity contribution in [3.8, 4) is 0 Å². The van der Waals surface area contributed by atoms with Gasteiger partial charge in [0, 0.05) is 25.3 Å². The minimum Gasteiger partial charge on any atom is -0.459 e. The number of hydrogen-bond donors (Lipinski definition) is 0. The lowest BCUT2D eigenvalue weighted by atomic mass is 10.0. The minimum atomic E-state index is -2.11. The molecule has 4 nitrogen and oxygen atoms in total. The molecule has 37 heavy (non-hydrogen) atoms. The lowest BCUT2D eigenvalue weighted by Gasteiger charge is -2.42. The van der Waals surface area contributed by atoms with Crippen LogP contribution in [0.2, 0.25) is 36.3 Å². The Morgan fingerprint density at radius 2 is 1.41 bits per heavy atom. The summed E-state index contributed by atoms with van der Waals surface area (Å²) >= 11 is 0. The monoisotopic (exact) mass is 544 g/mol. The van der Waals surface area contributed by atoms with Crippen molar-refractivity contribution in [3.05, 3.63) is 67.3 Å². The zero-order valence-electron chi connectivity index (χ0n) is 25.1. The quantitative estimate of drug-likeness (QED) is 0.101. The Hall–Kier alpha value is -1.74. The summed E-state index contributed by atoms with van der Waals surface area (Å²) in [5.74, 6) is -0.420. The van der Waals surface area contributed by atoms with E-state index in [0.717, 1.165) is 5.56 Å². The number of hydrogen-bond acceptors (Lipinski definition) is 4. The first-order chi connectivity index (χ1) is 16.9. The first-order valence-electron chi connectivity index (χ1n) is 13.4. The Morgan fingerprint density at radius 3 is 1.89 bits per heavy atom. The van der Waals surface area contributed by atoms with Crippen LogP contribution in [0.3, 0.4) is 0 Å². The number of benzene rings is 1. The second kappa shape index (κ2) is 13.9. The number of carbonyl (C=O) groups is 1. The largest absolute Gasteiger partial charge is 0.459 e. The second-order valence-electron chi connectivity index (χ2n) is 12.9. The highest BCUT2D eigenvalue weighted by Crippen LogP contribution is 2.40. The molecule has 6 heteroatoms. The van der Waals surface area contributed by atoms with Gasteiger partial charge in [0.15, 0.2) is 16.6 Å². The summed E-state index contributed by atoms with van der Waals surface area (Å²) in [6.07, 6.45) is 8.55. The molecule has 0 saturated heterocycles. The van der Waals surface area contributed by atoms with Gasteiger partial charge >= 0.3 is 5.97 Å². The number of esters is 1. The van der Waals surface area contributed by atoms with Crippen LogP contribution in [0.15, 0.2) is 61.7 Å². The minimum absolute atomic E-state index is 0.0483. The number of rotatable bonds is 14. The summed E-state index contributed by atoms with van der Waals surface area (Å²) < 4.78 is 19.6. The smallest absolute Gasteiger partial charge is 0.330 e. The molecule has 208 valence electrons. The first kappa shape index (κ1) is 33.3. The van der Waals surface area contributed by atoms with Gasteiger partial charge in [0.2, 0.25) is 0 Å². The maximum absolute atomic E-state index is 12.1. The molecule has 1 rings (SSSR count). The third kappa shape index (κ3) is 11.3. The summed E-state index contributed by atoms with van der Waals surface area (Å²) in [6, 6.07) is 10.3. The second-order valence-corrected chi connectivity index (χ2v) is 22.5. The van der Waals surface area contributed by atoms with Crippen LogP contribution in [0, 0.1) is 0 Å². The van der Waals surface area contributed by atoms with E-state index >= 15 is 0 Å². The maximum atomic E-state index is 12.1. The fourth-order valence-electron chi connectivity index (χ4n) is 3.43. The van der Waals surface area contributed by atoms with Crippen molar-refractivity contribution in [1.82, 2.24) is 0 Å². The van der Waals surface area contributed by atoms with Crippen LogP contribution in [0.1, 0.15) is 66.4 Å². The predicted molar refractivity (Wildman–Crippen MR) is 164 cm³/mol. The van der Waals surface area contributed by atoms with Crippen molar-refractivity contribution in [2.24, 2.45) is 0 Å². The fourth-order valence-corrected chi connectivity index (χ4v) is 6.10. The fraction of sp³-hybridized carbons (Fsp3) is 0.581. The van der Waals surface area contributed by atoms with E-state index in [1.54, 1.807) is 6.08 Å².